The molecule has 106 valence electrons. The van der Waals surface area contributed by atoms with Gasteiger partial charge in [-0.2, -0.15) is 0 Å². The van der Waals surface area contributed by atoms with Crippen LogP contribution in [0.2, 0.25) is 0 Å². The van der Waals surface area contributed by atoms with E-state index >= 15 is 0 Å². The van der Waals surface area contributed by atoms with E-state index in [-0.39, 0.29) is 0 Å². The molecule has 1 aromatic carbocycles. The van der Waals surface area contributed by atoms with Crippen LogP contribution in [0, 0.1) is 5.92 Å². The summed E-state index contributed by atoms with van der Waals surface area (Å²) in [6, 6.07) is 8.20. The highest BCUT2D eigenvalue weighted by atomic mass is 16.3. The molecule has 2 N–H and O–H groups in total. The summed E-state index contributed by atoms with van der Waals surface area (Å²) in [5.74, 6) is 1.19. The third-order valence-electron chi connectivity index (χ3n) is 3.84. The van der Waals surface area contributed by atoms with E-state index in [0.29, 0.717) is 11.8 Å². The van der Waals surface area contributed by atoms with E-state index in [9.17, 15) is 5.11 Å². The van der Waals surface area contributed by atoms with Crippen LogP contribution in [0.15, 0.2) is 24.3 Å². The van der Waals surface area contributed by atoms with Gasteiger partial charge in [0, 0.05) is 12.6 Å². The van der Waals surface area contributed by atoms with E-state index in [1.165, 1.54) is 31.5 Å². The van der Waals surface area contributed by atoms with Crippen LogP contribution >= 0.6 is 0 Å². The maximum atomic E-state index is 9.48. The van der Waals surface area contributed by atoms with Crippen LogP contribution in [-0.2, 0) is 6.54 Å². The Morgan fingerprint density at radius 3 is 2.68 bits per heavy atom. The molecule has 0 spiro atoms. The Morgan fingerprint density at radius 2 is 2.05 bits per heavy atom. The van der Waals surface area contributed by atoms with Crippen molar-refractivity contribution in [1.29, 1.82) is 0 Å². The molecular formula is C16H26N2O. The summed E-state index contributed by atoms with van der Waals surface area (Å²) in [7, 11) is 0. The minimum absolute atomic E-state index is 0.369. The lowest BCUT2D eigenvalue weighted by molar-refractivity contribution is 0.174. The fourth-order valence-electron chi connectivity index (χ4n) is 2.66. The summed E-state index contributed by atoms with van der Waals surface area (Å²) < 4.78 is 0. The van der Waals surface area contributed by atoms with E-state index in [2.05, 4.69) is 30.1 Å². The Labute approximate surface area is 116 Å². The van der Waals surface area contributed by atoms with Gasteiger partial charge in [-0.05, 0) is 56.1 Å². The molecule has 1 aromatic rings. The van der Waals surface area contributed by atoms with Crippen LogP contribution in [0.1, 0.15) is 32.3 Å². The molecule has 0 aromatic heterocycles. The predicted octanol–water partition coefficient (Wildman–Crippen LogP) is 2.60. The molecular weight excluding hydrogens is 236 g/mol. The van der Waals surface area contributed by atoms with E-state index < -0.39 is 0 Å². The second kappa shape index (κ2) is 6.92. The number of aromatic hydroxyl groups is 1. The molecule has 1 fully saturated rings. The molecule has 0 amide bonds. The number of benzene rings is 1. The van der Waals surface area contributed by atoms with Crippen molar-refractivity contribution in [1.82, 2.24) is 10.2 Å². The standard InChI is InChI=1S/C16H26N2O/c1-13(2)17-11-14-6-8-18(9-7-14)12-15-4-3-5-16(19)10-15/h3-5,10,13-14,17,19H,6-9,11-12H2,1-2H3. The van der Waals surface area contributed by atoms with Gasteiger partial charge in [0.25, 0.3) is 0 Å². The summed E-state index contributed by atoms with van der Waals surface area (Å²) in [5, 5.41) is 13.0. The van der Waals surface area contributed by atoms with Gasteiger partial charge in [-0.1, -0.05) is 26.0 Å². The van der Waals surface area contributed by atoms with Crippen molar-refractivity contribution in [2.75, 3.05) is 19.6 Å². The third kappa shape index (κ3) is 4.84. The first-order valence-electron chi connectivity index (χ1n) is 7.37. The summed E-state index contributed by atoms with van der Waals surface area (Å²) in [6.45, 7) is 8.85. The Hall–Kier alpha value is -1.06. The van der Waals surface area contributed by atoms with Crippen LogP contribution in [0.25, 0.3) is 0 Å². The molecule has 0 unspecified atom stereocenters. The zero-order chi connectivity index (χ0) is 13.7. The normalized spacial score (nSPS) is 18.1. The summed E-state index contributed by atoms with van der Waals surface area (Å²) in [6.07, 6.45) is 2.55. The van der Waals surface area contributed by atoms with E-state index in [1.54, 1.807) is 6.07 Å². The number of piperidine rings is 1. The minimum atomic E-state index is 0.369. The highest BCUT2D eigenvalue weighted by molar-refractivity contribution is 5.27. The minimum Gasteiger partial charge on any atom is -0.508 e. The first-order chi connectivity index (χ1) is 9.13. The topological polar surface area (TPSA) is 35.5 Å². The highest BCUT2D eigenvalue weighted by Crippen LogP contribution is 2.20. The van der Waals surface area contributed by atoms with Gasteiger partial charge in [0.05, 0.1) is 0 Å². The summed E-state index contributed by atoms with van der Waals surface area (Å²) in [4.78, 5) is 2.49. The molecule has 0 bridgehead atoms. The molecule has 1 heterocycles. The van der Waals surface area contributed by atoms with Gasteiger partial charge in [-0.3, -0.25) is 4.90 Å². The molecule has 1 saturated heterocycles. The smallest absolute Gasteiger partial charge is 0.115 e. The van der Waals surface area contributed by atoms with Crippen molar-refractivity contribution < 1.29 is 5.11 Å². The zero-order valence-electron chi connectivity index (χ0n) is 12.1. The van der Waals surface area contributed by atoms with Crippen LogP contribution in [-0.4, -0.2) is 35.7 Å². The number of phenols is 1. The molecule has 3 heteroatoms. The molecule has 0 radical (unpaired) electrons. The predicted molar refractivity (Wildman–Crippen MR) is 79.2 cm³/mol. The highest BCUT2D eigenvalue weighted by Gasteiger charge is 2.19. The Morgan fingerprint density at radius 1 is 1.32 bits per heavy atom. The molecule has 0 aliphatic carbocycles. The first-order valence-corrected chi connectivity index (χ1v) is 7.37. The second-order valence-corrected chi connectivity index (χ2v) is 5.95. The largest absolute Gasteiger partial charge is 0.508 e. The fourth-order valence-corrected chi connectivity index (χ4v) is 2.66. The van der Waals surface area contributed by atoms with Gasteiger partial charge >= 0.3 is 0 Å². The Balaban J connectivity index is 1.74. The van der Waals surface area contributed by atoms with Gasteiger partial charge in [0.2, 0.25) is 0 Å². The van der Waals surface area contributed by atoms with Crippen LogP contribution in [0.4, 0.5) is 0 Å². The van der Waals surface area contributed by atoms with Gasteiger partial charge in [0.15, 0.2) is 0 Å². The summed E-state index contributed by atoms with van der Waals surface area (Å²) >= 11 is 0. The maximum Gasteiger partial charge on any atom is 0.115 e. The number of hydrogen-bond donors (Lipinski definition) is 2. The Kier molecular flexibility index (Phi) is 5.23. The number of rotatable bonds is 5. The second-order valence-electron chi connectivity index (χ2n) is 5.95. The zero-order valence-corrected chi connectivity index (χ0v) is 12.1. The first kappa shape index (κ1) is 14.4. The SMILES string of the molecule is CC(C)NCC1CCN(Cc2cccc(O)c2)CC1. The maximum absolute atomic E-state index is 9.48. The quantitative estimate of drug-likeness (QED) is 0.856. The molecule has 0 atom stereocenters. The molecule has 0 saturated carbocycles. The van der Waals surface area contributed by atoms with Crippen molar-refractivity contribution >= 4 is 0 Å². The van der Waals surface area contributed by atoms with Crippen molar-refractivity contribution in [2.45, 2.75) is 39.3 Å². The number of nitrogens with zero attached hydrogens (tertiary/aromatic N) is 1. The van der Waals surface area contributed by atoms with E-state index in [1.807, 2.05) is 12.1 Å². The number of likely N-dealkylation sites (tertiary alicyclic amines) is 1. The summed E-state index contributed by atoms with van der Waals surface area (Å²) in [5.41, 5.74) is 1.21. The van der Waals surface area contributed by atoms with Gasteiger partial charge in [0.1, 0.15) is 5.75 Å². The molecule has 19 heavy (non-hydrogen) atoms. The Bertz CT molecular complexity index is 384. The monoisotopic (exact) mass is 262 g/mol. The van der Waals surface area contributed by atoms with Crippen LogP contribution in [0.5, 0.6) is 5.75 Å². The molecule has 2 rings (SSSR count). The average Bonchev–Trinajstić information content (AvgIpc) is 2.38. The van der Waals surface area contributed by atoms with Gasteiger partial charge < -0.3 is 10.4 Å². The average molecular weight is 262 g/mol. The van der Waals surface area contributed by atoms with Gasteiger partial charge in [-0.15, -0.1) is 0 Å². The third-order valence-corrected chi connectivity index (χ3v) is 3.84. The van der Waals surface area contributed by atoms with E-state index in [0.717, 1.165) is 19.0 Å². The lowest BCUT2D eigenvalue weighted by Crippen LogP contribution is -2.38. The van der Waals surface area contributed by atoms with Crippen molar-refractivity contribution in [2.24, 2.45) is 5.92 Å². The van der Waals surface area contributed by atoms with Crippen LogP contribution in [0.3, 0.4) is 0 Å². The molecule has 1 aliphatic rings. The molecule has 3 nitrogen and oxygen atoms in total. The van der Waals surface area contributed by atoms with Crippen molar-refractivity contribution in [3.05, 3.63) is 29.8 Å². The molecule has 1 aliphatic heterocycles. The number of hydrogen-bond acceptors (Lipinski definition) is 3. The van der Waals surface area contributed by atoms with Gasteiger partial charge in [-0.25, -0.2) is 0 Å². The van der Waals surface area contributed by atoms with Crippen molar-refractivity contribution in [3.63, 3.8) is 0 Å². The fraction of sp³-hybridized carbons (Fsp3) is 0.625. The number of phenolic OH excluding ortho intramolecular Hbond substituents is 1. The lowest BCUT2D eigenvalue weighted by Gasteiger charge is -2.32. The van der Waals surface area contributed by atoms with E-state index in [4.69, 9.17) is 0 Å². The lowest BCUT2D eigenvalue weighted by atomic mass is 9.96. The van der Waals surface area contributed by atoms with Crippen LogP contribution < -0.4 is 5.32 Å². The van der Waals surface area contributed by atoms with Crippen molar-refractivity contribution in [3.8, 4) is 5.75 Å². The number of nitrogens with one attached hydrogen (secondary N) is 1.